The Morgan fingerprint density at radius 1 is 0.567 bits per heavy atom. The summed E-state index contributed by atoms with van der Waals surface area (Å²) < 4.78 is 86.9. The molecule has 16 atom stereocenters. The van der Waals surface area contributed by atoms with Crippen LogP contribution in [0, 0.1) is 14.3 Å². The van der Waals surface area contributed by atoms with Crippen molar-refractivity contribution in [1.82, 2.24) is 73.5 Å². The number of methoxy groups -OCH3 is 1. The molecule has 4 aliphatic rings. The monoisotopic (exact) mass is 1970 g/mol. The van der Waals surface area contributed by atoms with Crippen molar-refractivity contribution in [2.24, 2.45) is 0 Å². The molecule has 0 amide bonds. The number of nitrogen functional groups attached to an aromatic ring is 1. The molecule has 10 aromatic rings. The fourth-order valence-electron chi connectivity index (χ4n) is 11.9. The number of hydrogen-bond donors (Lipinski definition) is 11. The van der Waals surface area contributed by atoms with E-state index >= 15 is 0 Å². The minimum atomic E-state index is -1.57. The maximum absolute atomic E-state index is 11.2. The van der Waals surface area contributed by atoms with Crippen LogP contribution in [0.3, 0.4) is 0 Å². The number of H-pyrrole nitrogens is 2. The highest BCUT2D eigenvalue weighted by Crippen LogP contribution is 2.45. The summed E-state index contributed by atoms with van der Waals surface area (Å²) >= 11 is 32.3. The topological polar surface area (TPSA) is 446 Å². The van der Waals surface area contributed by atoms with Crippen molar-refractivity contribution in [2.45, 2.75) is 138 Å². The van der Waals surface area contributed by atoms with Crippen LogP contribution in [0.4, 0.5) is 5.82 Å². The van der Waals surface area contributed by atoms with Crippen molar-refractivity contribution in [2.75, 3.05) is 52.3 Å². The third-order valence-electron chi connectivity index (χ3n) is 16.9. The number of aliphatic hydroxyl groups excluding tert-OH is 4. The lowest BCUT2D eigenvalue weighted by Crippen LogP contribution is -2.48. The number of fused-ring (bicyclic) bond motifs is 5. The molecule has 0 bridgehead atoms. The highest BCUT2D eigenvalue weighted by molar-refractivity contribution is 14.1. The summed E-state index contributed by atoms with van der Waals surface area (Å²) in [5.41, 5.74) is 3.01. The Labute approximate surface area is 677 Å². The molecule has 558 valence electrons. The van der Waals surface area contributed by atoms with E-state index < -0.39 is 111 Å². The van der Waals surface area contributed by atoms with Gasteiger partial charge in [0.25, 0.3) is 14.9 Å². The maximum atomic E-state index is 11.2. The molecule has 45 heteroatoms. The van der Waals surface area contributed by atoms with Gasteiger partial charge in [-0.2, -0.15) is 0 Å². The van der Waals surface area contributed by atoms with Crippen LogP contribution in [0.25, 0.3) is 55.2 Å². The first-order valence-corrected chi connectivity index (χ1v) is 36.9. The van der Waals surface area contributed by atoms with E-state index in [9.17, 15) is 40.9 Å². The van der Waals surface area contributed by atoms with Gasteiger partial charge in [-0.3, -0.25) is 0 Å². The molecular weight excluding hydrogens is 1900 g/mol. The van der Waals surface area contributed by atoms with E-state index in [0.717, 1.165) is 52.0 Å². The lowest BCUT2D eigenvalue weighted by Gasteiger charge is -2.30. The van der Waals surface area contributed by atoms with Gasteiger partial charge >= 0.3 is 0 Å². The summed E-state index contributed by atoms with van der Waals surface area (Å²) in [4.78, 5) is 46.1. The number of aliphatic hydroxyl groups is 8. The summed E-state index contributed by atoms with van der Waals surface area (Å²) in [5, 5.41) is 86.6. The summed E-state index contributed by atoms with van der Waals surface area (Å²) in [7, 11) is 2.05. The number of nitrogens with zero attached hydrogens (tertiary/aromatic N) is 13. The summed E-state index contributed by atoms with van der Waals surface area (Å²) in [6, 6.07) is 1.84. The molecule has 2 radical (unpaired) electrons. The van der Waals surface area contributed by atoms with Gasteiger partial charge in [-0.05, 0) is 127 Å². The molecule has 1 unspecified atom stereocenters. The molecule has 14 heterocycles. The van der Waals surface area contributed by atoms with Crippen molar-refractivity contribution >= 4 is 228 Å². The quantitative estimate of drug-likeness (QED) is 0.0251. The van der Waals surface area contributed by atoms with Crippen molar-refractivity contribution < 1.29 is 83.3 Å². The molecule has 10 aromatic heterocycles. The van der Waals surface area contributed by atoms with Gasteiger partial charge in [0.15, 0.2) is 25.0 Å². The Hall–Kier alpha value is -3.44. The van der Waals surface area contributed by atoms with Crippen molar-refractivity contribution in [1.29, 1.82) is 5.34 Å². The van der Waals surface area contributed by atoms with E-state index in [2.05, 4.69) is 150 Å². The Kier molecular flexibility index (Phi) is 27.7. The van der Waals surface area contributed by atoms with Crippen LogP contribution in [0.15, 0.2) is 68.7 Å². The Bertz CT molecular complexity index is 4540. The number of nitrogens with one attached hydrogen (secondary N) is 2. The fraction of sp³-hybridized carbons (Fsp3) is 0.492. The fourth-order valence-corrected chi connectivity index (χ4v) is 16.3. The van der Waals surface area contributed by atoms with Gasteiger partial charge in [-0.15, -0.1) is 0 Å². The number of nitrogens with two attached hydrogens (primary N) is 1. The van der Waals surface area contributed by atoms with E-state index in [1.54, 1.807) is 66.0 Å². The van der Waals surface area contributed by atoms with Gasteiger partial charge in [0, 0.05) is 68.1 Å². The number of hydrogen-bond acceptors (Lipinski definition) is 28. The molecule has 14 rings (SSSR count). The first kappa shape index (κ1) is 78.7. The van der Waals surface area contributed by atoms with E-state index in [1.807, 2.05) is 12.3 Å². The molecule has 104 heavy (non-hydrogen) atoms. The van der Waals surface area contributed by atoms with Crippen LogP contribution in [0.2, 0.25) is 34.3 Å². The van der Waals surface area contributed by atoms with Crippen LogP contribution >= 0.6 is 137 Å². The van der Waals surface area contributed by atoms with Crippen molar-refractivity contribution in [3.63, 3.8) is 0 Å². The van der Waals surface area contributed by atoms with Gasteiger partial charge in [0.2, 0.25) is 0 Å². The molecule has 4 saturated heterocycles. The molecular formula is C59H72B4Cl4I4N16O17. The molecule has 0 saturated carbocycles. The number of halogens is 8. The Balaban J connectivity index is 0.000000153. The standard InChI is InChI=1S/C14H18B2ClIN3O4.C12H13ClIN3O4.C12H15IN4O4.C9H19B2O5.C6H3ClIN3.C6H4ClN3/c1-14(22)10(25-16-2)8(4-23-5-15)24-13(14)21-3-7(18)9-11(17)19-6-20-12(9)21;1-12(20)8(19)6(3-18)21-11(12)17-2-5(14)7-9(13)15-4-16-10(7)17;1-12(20)8(19)6(3-18)21-11(12)17-2-5(13)7-9(14)15-4-16-10(7)17;1-9(12)7(16-11-2)6(4-14-5-10)15-8(9)13-3;7-5-4-3(8)1-9-6(4)11-2-10-5;7-5-4-1-2-8-6(4)10-3-9-5/h3,6,8,10,13,15-16,22H,4-5H2,1-2H3;2,4,6,8,11,18-20H,3H2,1H3;2,4,6,8,11,18-20H,3H2,1H3,(H2,14,15,16);6-8,10-12H,4-5H2,1-3H3;1-2H,(H,9,10,11);1-3H,(H,8,9,10)/t8-,10-,13-,14+;2*6-,8-,11-,12+;6-,7-,8?,9+;;/m1111../s1/i15D,16D;;;10D,11D;;. The second-order valence-corrected chi connectivity index (χ2v) is 30.0. The van der Waals surface area contributed by atoms with Gasteiger partial charge < -0.3 is 113 Å². The molecule has 4 fully saturated rings. The molecule has 0 spiro atoms. The van der Waals surface area contributed by atoms with Crippen LogP contribution in [-0.4, -0.2) is 274 Å². The van der Waals surface area contributed by atoms with Crippen LogP contribution in [-0.2, 0) is 42.5 Å². The van der Waals surface area contributed by atoms with E-state index in [1.165, 1.54) is 52.6 Å². The number of ether oxygens (including phenoxy) is 7. The zero-order valence-corrected chi connectivity index (χ0v) is 67.7. The predicted molar refractivity (Wildman–Crippen MR) is 423 cm³/mol. The maximum Gasteiger partial charge on any atom is 0.272 e. The molecule has 4 aliphatic heterocycles. The van der Waals surface area contributed by atoms with Gasteiger partial charge in [-0.1, -0.05) is 60.0 Å². The van der Waals surface area contributed by atoms with Gasteiger partial charge in [-0.25, -0.2) is 49.8 Å². The smallest absolute Gasteiger partial charge is 0.272 e. The second-order valence-electron chi connectivity index (χ2n) is 23.9. The first-order valence-electron chi connectivity index (χ1n) is 33.4. The predicted octanol–water partition coefficient (Wildman–Crippen LogP) is 3.90. The van der Waals surface area contributed by atoms with Gasteiger partial charge in [0.1, 0.15) is 173 Å². The van der Waals surface area contributed by atoms with E-state index in [0.29, 0.717) is 59.5 Å². The minimum Gasteiger partial charge on any atom is -0.432 e. The third kappa shape index (κ3) is 17.8. The lowest BCUT2D eigenvalue weighted by molar-refractivity contribution is -0.187. The van der Waals surface area contributed by atoms with Crippen LogP contribution < -0.4 is 5.73 Å². The highest BCUT2D eigenvalue weighted by Gasteiger charge is 2.57. The lowest BCUT2D eigenvalue weighted by atomic mass is 9.93. The Morgan fingerprint density at radius 3 is 1.43 bits per heavy atom. The normalized spacial score (nSPS) is 29.0. The number of aromatic amines is 2. The second kappa shape index (κ2) is 36.6. The molecule has 0 aromatic carbocycles. The number of anilines is 1. The van der Waals surface area contributed by atoms with Crippen LogP contribution in [0.1, 0.15) is 46.4 Å². The number of aromatic nitrogens is 15. The summed E-state index contributed by atoms with van der Waals surface area (Å²) in [6.07, 6.45) is 5.52. The highest BCUT2D eigenvalue weighted by atomic mass is 127. The van der Waals surface area contributed by atoms with Crippen molar-refractivity contribution in [3.8, 4) is 0 Å². The van der Waals surface area contributed by atoms with Gasteiger partial charge in [0.05, 0.1) is 53.4 Å². The first-order chi connectivity index (χ1) is 51.1. The van der Waals surface area contributed by atoms with Crippen molar-refractivity contribution in [3.05, 3.63) is 104 Å². The van der Waals surface area contributed by atoms with Crippen LogP contribution in [0.5, 0.6) is 0 Å². The average Bonchev–Trinajstić information content (AvgIpc) is 1.59. The summed E-state index contributed by atoms with van der Waals surface area (Å²) in [5.74, 6) is 0.333. The minimum absolute atomic E-state index is 0.117. The largest absolute Gasteiger partial charge is 0.432 e. The van der Waals surface area contributed by atoms with E-state index in [-0.39, 0.29) is 39.4 Å². The third-order valence-corrected chi connectivity index (χ3v) is 21.4. The average molecular weight is 1970 g/mol. The Morgan fingerprint density at radius 2 is 0.981 bits per heavy atom. The van der Waals surface area contributed by atoms with E-state index in [4.69, 9.17) is 99.9 Å². The zero-order valence-electron chi connectivity index (χ0n) is 60.0. The number of rotatable bonds is 18. The zero-order chi connectivity index (χ0) is 79.1. The summed E-state index contributed by atoms with van der Waals surface area (Å²) in [6.45, 7) is 9.00. The molecule has 0 aliphatic carbocycles. The SMILES string of the molecule is C[C@]1(O)[C@H](O)[C@@H](CO)O[C@H]1n1cc(I)c2c(Cl)ncnc21.C[C@]1(O)[C@H](O)[C@@H](CO)O[C@H]1n1cc(I)c2c(N)ncnc21.Clc1ncnc2[nH]cc(I)c12.Clc1ncnc2[nH]ccc12.[2H][B]COC[C@H]1OC(OC)[C@@](C)(O)[C@@H]1OB([2H])C.[2H][B]COC[C@H]1O[C@@H](n2cc(I)c3c(Cl)ncnc32)[C@@](C)(O)[C@@H]1OB([2H])C. The molecule has 33 nitrogen and oxygen atoms in total. The molecule has 12 N–H and O–H groups in total.